The van der Waals surface area contributed by atoms with E-state index in [2.05, 4.69) is 10.3 Å². The number of hydrogen-bond donors (Lipinski definition) is 1. The van der Waals surface area contributed by atoms with Crippen molar-refractivity contribution in [3.8, 4) is 0 Å². The molecule has 19 heavy (non-hydrogen) atoms. The number of halogens is 2. The normalized spacial score (nSPS) is 12.2. The third-order valence-corrected chi connectivity index (χ3v) is 3.28. The molecule has 1 heterocycles. The van der Waals surface area contributed by atoms with E-state index in [9.17, 15) is 4.39 Å². The molecule has 1 unspecified atom stereocenters. The zero-order valence-electron chi connectivity index (χ0n) is 11.0. The molecule has 2 rings (SSSR count). The second kappa shape index (κ2) is 6.02. The second-order valence-corrected chi connectivity index (χ2v) is 4.90. The third-order valence-electron chi connectivity index (χ3n) is 2.97. The van der Waals surface area contributed by atoms with Gasteiger partial charge in [-0.2, -0.15) is 0 Å². The molecule has 0 aliphatic rings. The molecule has 1 aromatic carbocycles. The van der Waals surface area contributed by atoms with Crippen molar-refractivity contribution in [2.75, 3.05) is 5.32 Å². The van der Waals surface area contributed by atoms with Gasteiger partial charge < -0.3 is 5.32 Å². The average Bonchev–Trinajstić information content (AvgIpc) is 2.39. The fourth-order valence-electron chi connectivity index (χ4n) is 1.90. The highest BCUT2D eigenvalue weighted by Crippen LogP contribution is 2.28. The molecule has 2 aromatic rings. The van der Waals surface area contributed by atoms with Gasteiger partial charge in [-0.25, -0.2) is 4.39 Å². The Morgan fingerprint density at radius 2 is 2.11 bits per heavy atom. The summed E-state index contributed by atoms with van der Waals surface area (Å²) < 4.78 is 12.9. The zero-order valence-corrected chi connectivity index (χ0v) is 11.7. The fourth-order valence-corrected chi connectivity index (χ4v) is 2.19. The number of pyridine rings is 1. The van der Waals surface area contributed by atoms with Crippen LogP contribution in [-0.4, -0.2) is 4.98 Å². The number of nitrogens with zero attached hydrogens (tertiary/aromatic N) is 1. The predicted octanol–water partition coefficient (Wildman–Crippen LogP) is 4.75. The van der Waals surface area contributed by atoms with Crippen molar-refractivity contribution in [2.45, 2.75) is 26.3 Å². The minimum atomic E-state index is -0.327. The lowest BCUT2D eigenvalue weighted by molar-refractivity contribution is 0.614. The number of aromatic nitrogens is 1. The van der Waals surface area contributed by atoms with Crippen molar-refractivity contribution in [3.63, 3.8) is 0 Å². The largest absolute Gasteiger partial charge is 0.375 e. The van der Waals surface area contributed by atoms with Crippen LogP contribution in [0, 0.1) is 12.7 Å². The lowest BCUT2D eigenvalue weighted by Gasteiger charge is -2.19. The Labute approximate surface area is 117 Å². The van der Waals surface area contributed by atoms with Crippen molar-refractivity contribution in [3.05, 3.63) is 58.6 Å². The number of hydrogen-bond acceptors (Lipinski definition) is 2. The van der Waals surface area contributed by atoms with Gasteiger partial charge in [-0.1, -0.05) is 24.6 Å². The van der Waals surface area contributed by atoms with Crippen LogP contribution in [-0.2, 0) is 0 Å². The second-order valence-electron chi connectivity index (χ2n) is 4.49. The van der Waals surface area contributed by atoms with Crippen LogP contribution in [0.4, 0.5) is 10.1 Å². The minimum absolute atomic E-state index is 0.0146. The van der Waals surface area contributed by atoms with Gasteiger partial charge in [0.05, 0.1) is 28.6 Å². The van der Waals surface area contributed by atoms with Crippen LogP contribution < -0.4 is 5.32 Å². The lowest BCUT2D eigenvalue weighted by atomic mass is 10.1. The molecule has 2 nitrogen and oxygen atoms in total. The predicted molar refractivity (Wildman–Crippen MR) is 77.0 cm³/mol. The van der Waals surface area contributed by atoms with Gasteiger partial charge in [-0.15, -0.1) is 0 Å². The molecule has 0 spiro atoms. The lowest BCUT2D eigenvalue weighted by Crippen LogP contribution is -2.11. The van der Waals surface area contributed by atoms with Crippen LogP contribution in [0.2, 0.25) is 5.02 Å². The molecule has 1 N–H and O–H groups in total. The summed E-state index contributed by atoms with van der Waals surface area (Å²) in [5.74, 6) is -0.327. The average molecular weight is 279 g/mol. The third kappa shape index (κ3) is 3.44. The monoisotopic (exact) mass is 278 g/mol. The Morgan fingerprint density at radius 3 is 2.68 bits per heavy atom. The summed E-state index contributed by atoms with van der Waals surface area (Å²) in [5.41, 5.74) is 2.79. The molecule has 0 saturated heterocycles. The van der Waals surface area contributed by atoms with Crippen molar-refractivity contribution in [1.29, 1.82) is 0 Å². The van der Waals surface area contributed by atoms with Crippen molar-refractivity contribution < 1.29 is 4.39 Å². The fraction of sp³-hybridized carbons (Fsp3) is 0.267. The van der Waals surface area contributed by atoms with E-state index in [-0.39, 0.29) is 11.9 Å². The van der Waals surface area contributed by atoms with E-state index in [0.29, 0.717) is 5.02 Å². The molecule has 0 aliphatic heterocycles. The molecule has 1 atom stereocenters. The highest BCUT2D eigenvalue weighted by molar-refractivity contribution is 6.33. The summed E-state index contributed by atoms with van der Waals surface area (Å²) in [5, 5.41) is 4.02. The quantitative estimate of drug-likeness (QED) is 0.873. The van der Waals surface area contributed by atoms with Gasteiger partial charge in [-0.3, -0.25) is 4.98 Å². The minimum Gasteiger partial charge on any atom is -0.375 e. The van der Waals surface area contributed by atoms with E-state index in [1.54, 1.807) is 6.07 Å². The number of benzene rings is 1. The maximum absolute atomic E-state index is 12.9. The van der Waals surface area contributed by atoms with Crippen molar-refractivity contribution >= 4 is 17.3 Å². The van der Waals surface area contributed by atoms with E-state index in [0.717, 1.165) is 23.4 Å². The molecule has 1 aromatic heterocycles. The van der Waals surface area contributed by atoms with Gasteiger partial charge in [0.25, 0.3) is 0 Å². The summed E-state index contributed by atoms with van der Waals surface area (Å²) in [4.78, 5) is 4.11. The maximum atomic E-state index is 12.9. The Kier molecular flexibility index (Phi) is 4.38. The number of anilines is 1. The molecular formula is C15H16ClFN2. The number of aryl methyl sites for hydroxylation is 1. The van der Waals surface area contributed by atoms with E-state index in [4.69, 9.17) is 11.6 Å². The standard InChI is InChI=1S/C15H16ClFN2/c1-3-13(15-7-5-11(17)9-18-15)19-14-6-4-10(2)8-12(14)16/h4-9,13,19H,3H2,1-2H3. The van der Waals surface area contributed by atoms with E-state index < -0.39 is 0 Å². The summed E-state index contributed by atoms with van der Waals surface area (Å²) >= 11 is 6.20. The van der Waals surface area contributed by atoms with Crippen LogP contribution in [0.25, 0.3) is 0 Å². The van der Waals surface area contributed by atoms with Gasteiger partial charge in [0, 0.05) is 0 Å². The Morgan fingerprint density at radius 1 is 1.32 bits per heavy atom. The first-order valence-electron chi connectivity index (χ1n) is 6.24. The van der Waals surface area contributed by atoms with Gasteiger partial charge in [0.15, 0.2) is 0 Å². The molecular weight excluding hydrogens is 263 g/mol. The smallest absolute Gasteiger partial charge is 0.141 e. The summed E-state index contributed by atoms with van der Waals surface area (Å²) in [7, 11) is 0. The molecule has 0 radical (unpaired) electrons. The number of rotatable bonds is 4. The molecule has 0 bridgehead atoms. The first-order chi connectivity index (χ1) is 9.10. The van der Waals surface area contributed by atoms with E-state index in [1.807, 2.05) is 32.0 Å². The summed E-state index contributed by atoms with van der Waals surface area (Å²) in [6.45, 7) is 4.04. The molecule has 100 valence electrons. The summed E-state index contributed by atoms with van der Waals surface area (Å²) in [6.07, 6.45) is 2.07. The Bertz CT molecular complexity index is 555. The molecule has 0 amide bonds. The molecule has 0 fully saturated rings. The Hall–Kier alpha value is -1.61. The first-order valence-corrected chi connectivity index (χ1v) is 6.62. The van der Waals surface area contributed by atoms with Crippen LogP contribution in [0.1, 0.15) is 30.6 Å². The van der Waals surface area contributed by atoms with Crippen molar-refractivity contribution in [1.82, 2.24) is 4.98 Å². The molecule has 0 saturated carbocycles. The summed E-state index contributed by atoms with van der Waals surface area (Å²) in [6, 6.07) is 8.99. The SMILES string of the molecule is CCC(Nc1ccc(C)cc1Cl)c1ccc(F)cn1. The van der Waals surface area contributed by atoms with Crippen LogP contribution in [0.5, 0.6) is 0 Å². The van der Waals surface area contributed by atoms with Gasteiger partial charge >= 0.3 is 0 Å². The highest BCUT2D eigenvalue weighted by atomic mass is 35.5. The molecule has 4 heteroatoms. The highest BCUT2D eigenvalue weighted by Gasteiger charge is 2.12. The molecule has 0 aliphatic carbocycles. The van der Waals surface area contributed by atoms with Crippen LogP contribution in [0.15, 0.2) is 36.5 Å². The zero-order chi connectivity index (χ0) is 13.8. The first kappa shape index (κ1) is 13.8. The number of nitrogens with one attached hydrogen (secondary N) is 1. The van der Waals surface area contributed by atoms with Crippen LogP contribution >= 0.6 is 11.6 Å². The Balaban J connectivity index is 2.21. The topological polar surface area (TPSA) is 24.9 Å². The van der Waals surface area contributed by atoms with Crippen molar-refractivity contribution in [2.24, 2.45) is 0 Å². The van der Waals surface area contributed by atoms with Crippen LogP contribution in [0.3, 0.4) is 0 Å². The van der Waals surface area contributed by atoms with Gasteiger partial charge in [0.1, 0.15) is 5.82 Å². The van der Waals surface area contributed by atoms with Gasteiger partial charge in [0.2, 0.25) is 0 Å². The van der Waals surface area contributed by atoms with Gasteiger partial charge in [-0.05, 0) is 43.2 Å². The maximum Gasteiger partial charge on any atom is 0.141 e. The van der Waals surface area contributed by atoms with E-state index in [1.165, 1.54) is 12.3 Å². The van der Waals surface area contributed by atoms with E-state index >= 15 is 0 Å².